The zero-order valence-electron chi connectivity index (χ0n) is 18.1. The molecular weight excluding hydrogens is 414 g/mol. The van der Waals surface area contributed by atoms with E-state index < -0.39 is 18.6 Å². The highest BCUT2D eigenvalue weighted by Crippen LogP contribution is 2.38. The van der Waals surface area contributed by atoms with Crippen molar-refractivity contribution in [1.29, 1.82) is 0 Å². The Kier molecular flexibility index (Phi) is 5.69. The summed E-state index contributed by atoms with van der Waals surface area (Å²) in [4.78, 5) is 19.5. The van der Waals surface area contributed by atoms with Crippen LogP contribution in [0.4, 0.5) is 14.5 Å². The third-order valence-electron chi connectivity index (χ3n) is 5.44. The summed E-state index contributed by atoms with van der Waals surface area (Å²) < 4.78 is 30.8. The summed E-state index contributed by atoms with van der Waals surface area (Å²) in [6.07, 6.45) is -2.59. The number of benzene rings is 2. The summed E-state index contributed by atoms with van der Waals surface area (Å²) in [6.45, 7) is 4.77. The van der Waals surface area contributed by atoms with Gasteiger partial charge < -0.3 is 14.7 Å². The molecule has 0 fully saturated rings. The molecule has 0 saturated heterocycles. The molecule has 32 heavy (non-hydrogen) atoms. The van der Waals surface area contributed by atoms with Gasteiger partial charge in [-0.1, -0.05) is 24.3 Å². The number of rotatable bonds is 6. The first-order valence-electron chi connectivity index (χ1n) is 10.3. The number of hydrogen-bond acceptors (Lipinski definition) is 4. The minimum Gasteiger partial charge on any atom is -0.487 e. The molecule has 0 spiro atoms. The Morgan fingerprint density at radius 2 is 1.81 bits per heavy atom. The molecule has 7 heteroatoms. The first kappa shape index (κ1) is 21.9. The monoisotopic (exact) mass is 438 g/mol. The second-order valence-corrected chi connectivity index (χ2v) is 8.33. The van der Waals surface area contributed by atoms with E-state index >= 15 is 0 Å². The lowest BCUT2D eigenvalue weighted by Gasteiger charge is -2.20. The number of alkyl halides is 2. The molecule has 2 aromatic carbocycles. The fourth-order valence-electron chi connectivity index (χ4n) is 3.85. The highest BCUT2D eigenvalue weighted by Gasteiger charge is 2.33. The Hall–Kier alpha value is -3.32. The van der Waals surface area contributed by atoms with Crippen LogP contribution in [0.3, 0.4) is 0 Å². The molecule has 1 amide bonds. The summed E-state index contributed by atoms with van der Waals surface area (Å²) in [5.41, 5.74) is 3.48. The number of ether oxygens (including phenoxy) is 1. The van der Waals surface area contributed by atoms with Gasteiger partial charge in [-0.3, -0.25) is 9.78 Å². The van der Waals surface area contributed by atoms with Gasteiger partial charge in [0, 0.05) is 28.1 Å². The maximum Gasteiger partial charge on any atom is 0.272 e. The van der Waals surface area contributed by atoms with Gasteiger partial charge in [-0.25, -0.2) is 8.78 Å². The number of fused-ring (bicyclic) bond motifs is 1. The largest absolute Gasteiger partial charge is 0.487 e. The van der Waals surface area contributed by atoms with E-state index in [1.807, 2.05) is 0 Å². The number of para-hydroxylation sites is 1. The Morgan fingerprint density at radius 3 is 2.47 bits per heavy atom. The SMILES string of the molecule is Cc1cc2c(c(-c3ccccc3OCC(F)F)n1)CN(c1ccc(C(C)(C)O)cc1)C2=O. The normalized spacial score (nSPS) is 13.6. The van der Waals surface area contributed by atoms with Crippen molar-refractivity contribution < 1.29 is 23.4 Å². The smallest absolute Gasteiger partial charge is 0.272 e. The van der Waals surface area contributed by atoms with Gasteiger partial charge in [0.2, 0.25) is 0 Å². The lowest BCUT2D eigenvalue weighted by molar-refractivity contribution is 0.0786. The molecule has 0 saturated carbocycles. The quantitative estimate of drug-likeness (QED) is 0.582. The maximum absolute atomic E-state index is 13.2. The first-order valence-corrected chi connectivity index (χ1v) is 10.3. The van der Waals surface area contributed by atoms with Crippen LogP contribution in [0.1, 0.15) is 41.0 Å². The van der Waals surface area contributed by atoms with E-state index in [1.165, 1.54) is 0 Å². The number of carbonyl (C=O) groups is 1. The van der Waals surface area contributed by atoms with Crippen LogP contribution >= 0.6 is 0 Å². The van der Waals surface area contributed by atoms with Crippen LogP contribution < -0.4 is 9.64 Å². The molecule has 0 atom stereocenters. The van der Waals surface area contributed by atoms with Crippen molar-refractivity contribution in [2.24, 2.45) is 0 Å². The van der Waals surface area contributed by atoms with E-state index in [9.17, 15) is 18.7 Å². The van der Waals surface area contributed by atoms with Crippen LogP contribution in [0.2, 0.25) is 0 Å². The lowest BCUT2D eigenvalue weighted by atomic mass is 9.98. The second kappa shape index (κ2) is 8.31. The third kappa shape index (κ3) is 4.21. The zero-order valence-corrected chi connectivity index (χ0v) is 18.1. The summed E-state index contributed by atoms with van der Waals surface area (Å²) >= 11 is 0. The number of hydrogen-bond donors (Lipinski definition) is 1. The lowest BCUT2D eigenvalue weighted by Crippen LogP contribution is -2.23. The van der Waals surface area contributed by atoms with Gasteiger partial charge in [0.05, 0.1) is 17.8 Å². The number of carbonyl (C=O) groups excluding carboxylic acids is 1. The minimum absolute atomic E-state index is 0.159. The molecule has 3 aromatic rings. The molecule has 0 bridgehead atoms. The topological polar surface area (TPSA) is 62.7 Å². The highest BCUT2D eigenvalue weighted by atomic mass is 19.3. The summed E-state index contributed by atoms with van der Waals surface area (Å²) in [6, 6.07) is 15.8. The number of aryl methyl sites for hydroxylation is 1. The second-order valence-electron chi connectivity index (χ2n) is 8.33. The van der Waals surface area contributed by atoms with E-state index in [2.05, 4.69) is 4.98 Å². The van der Waals surface area contributed by atoms with Crippen molar-refractivity contribution >= 4 is 11.6 Å². The van der Waals surface area contributed by atoms with Crippen LogP contribution in [0, 0.1) is 6.92 Å². The Balaban J connectivity index is 1.73. The van der Waals surface area contributed by atoms with E-state index in [0.717, 1.165) is 11.1 Å². The van der Waals surface area contributed by atoms with Crippen LogP contribution in [0.5, 0.6) is 5.75 Å². The number of anilines is 1. The fraction of sp³-hybridized carbons (Fsp3) is 0.280. The van der Waals surface area contributed by atoms with Crippen molar-refractivity contribution in [2.45, 2.75) is 39.3 Å². The zero-order chi connectivity index (χ0) is 23.0. The van der Waals surface area contributed by atoms with Gasteiger partial charge in [0.15, 0.2) is 0 Å². The van der Waals surface area contributed by atoms with Crippen LogP contribution in [-0.4, -0.2) is 29.0 Å². The van der Waals surface area contributed by atoms with Crippen molar-refractivity contribution in [3.8, 4) is 17.0 Å². The van der Waals surface area contributed by atoms with Crippen LogP contribution in [0.15, 0.2) is 54.6 Å². The van der Waals surface area contributed by atoms with Gasteiger partial charge in [0.25, 0.3) is 12.3 Å². The summed E-state index contributed by atoms with van der Waals surface area (Å²) in [5.74, 6) is 0.141. The molecule has 166 valence electrons. The van der Waals surface area contributed by atoms with Gasteiger partial charge in [-0.2, -0.15) is 0 Å². The predicted octanol–water partition coefficient (Wildman–Crippen LogP) is 5.09. The third-order valence-corrected chi connectivity index (χ3v) is 5.44. The van der Waals surface area contributed by atoms with E-state index in [1.54, 1.807) is 80.3 Å². The maximum atomic E-state index is 13.2. The van der Waals surface area contributed by atoms with Crippen molar-refractivity contribution in [3.63, 3.8) is 0 Å². The molecule has 1 N–H and O–H groups in total. The van der Waals surface area contributed by atoms with Crippen molar-refractivity contribution in [2.75, 3.05) is 11.5 Å². The first-order chi connectivity index (χ1) is 15.1. The molecule has 0 radical (unpaired) electrons. The van der Waals surface area contributed by atoms with Gasteiger partial charge >= 0.3 is 0 Å². The Morgan fingerprint density at radius 1 is 1.12 bits per heavy atom. The van der Waals surface area contributed by atoms with Crippen LogP contribution in [0.25, 0.3) is 11.3 Å². The molecule has 1 aromatic heterocycles. The molecule has 5 nitrogen and oxygen atoms in total. The molecule has 1 aliphatic rings. The average molecular weight is 438 g/mol. The molecule has 4 rings (SSSR count). The summed E-state index contributed by atoms with van der Waals surface area (Å²) in [5, 5.41) is 10.2. The van der Waals surface area contributed by atoms with Crippen LogP contribution in [-0.2, 0) is 12.1 Å². The number of aromatic nitrogens is 1. The number of halogens is 2. The van der Waals surface area contributed by atoms with E-state index in [0.29, 0.717) is 40.5 Å². The molecule has 0 unspecified atom stereocenters. The van der Waals surface area contributed by atoms with E-state index in [-0.39, 0.29) is 5.91 Å². The van der Waals surface area contributed by atoms with Gasteiger partial charge in [-0.15, -0.1) is 0 Å². The van der Waals surface area contributed by atoms with E-state index in [4.69, 9.17) is 4.74 Å². The standard InChI is InChI=1S/C25H24F2N2O3/c1-15-12-19-20(23(28-15)18-6-4-5-7-21(18)32-14-22(26)27)13-29(24(19)30)17-10-8-16(9-11-17)25(2,3)31/h4-12,22,31H,13-14H2,1-3H3. The Labute approximate surface area is 185 Å². The van der Waals surface area contributed by atoms with Crippen molar-refractivity contribution in [3.05, 3.63) is 77.0 Å². The molecular formula is C25H24F2N2O3. The van der Waals surface area contributed by atoms with Gasteiger partial charge in [-0.05, 0) is 56.7 Å². The molecule has 1 aliphatic heterocycles. The number of nitrogens with zero attached hydrogens (tertiary/aromatic N) is 2. The average Bonchev–Trinajstić information content (AvgIpc) is 3.08. The number of pyridine rings is 1. The number of amides is 1. The Bertz CT molecular complexity index is 1150. The predicted molar refractivity (Wildman–Crippen MR) is 118 cm³/mol. The fourth-order valence-corrected chi connectivity index (χ4v) is 3.85. The number of aliphatic hydroxyl groups is 1. The highest BCUT2D eigenvalue weighted by molar-refractivity contribution is 6.11. The summed E-state index contributed by atoms with van der Waals surface area (Å²) in [7, 11) is 0. The van der Waals surface area contributed by atoms with Crippen molar-refractivity contribution in [1.82, 2.24) is 4.98 Å². The minimum atomic E-state index is -2.59. The molecule has 2 heterocycles. The van der Waals surface area contributed by atoms with Gasteiger partial charge in [0.1, 0.15) is 12.4 Å². The molecule has 0 aliphatic carbocycles.